The highest BCUT2D eigenvalue weighted by atomic mass is 16.5. The van der Waals surface area contributed by atoms with Gasteiger partial charge in [-0.2, -0.15) is 0 Å². The largest absolute Gasteiger partial charge is 0.497 e. The highest BCUT2D eigenvalue weighted by Crippen LogP contribution is 2.18. The number of nitrogens with zero attached hydrogens (tertiary/aromatic N) is 2. The third kappa shape index (κ3) is 6.66. The lowest BCUT2D eigenvalue weighted by atomic mass is 10.2. The van der Waals surface area contributed by atoms with Crippen LogP contribution in [0, 0.1) is 0 Å². The Hall–Kier alpha value is -2.73. The Morgan fingerprint density at radius 2 is 1.63 bits per heavy atom. The summed E-state index contributed by atoms with van der Waals surface area (Å²) in [6.07, 6.45) is 1.53. The molecule has 1 N–H and O–H groups in total. The van der Waals surface area contributed by atoms with Crippen LogP contribution in [0.1, 0.15) is 19.8 Å². The molecule has 1 aliphatic rings. The van der Waals surface area contributed by atoms with Crippen molar-refractivity contribution in [3.05, 3.63) is 54.6 Å². The maximum Gasteiger partial charge on any atom is 0.260 e. The maximum absolute atomic E-state index is 12.2. The van der Waals surface area contributed by atoms with E-state index in [2.05, 4.69) is 45.4 Å². The number of rotatable bonds is 10. The summed E-state index contributed by atoms with van der Waals surface area (Å²) in [7, 11) is 1.62. The zero-order valence-corrected chi connectivity index (χ0v) is 18.0. The van der Waals surface area contributed by atoms with Crippen LogP contribution in [0.3, 0.4) is 0 Å². The van der Waals surface area contributed by atoms with E-state index in [1.54, 1.807) is 26.2 Å². The predicted octanol–water partition coefficient (Wildman–Crippen LogP) is 3.18. The molecule has 6 nitrogen and oxygen atoms in total. The Balaban J connectivity index is 1.26. The summed E-state index contributed by atoms with van der Waals surface area (Å²) in [4.78, 5) is 17.2. The number of carbonyl (C=O) groups is 1. The lowest BCUT2D eigenvalue weighted by Gasteiger charge is -2.36. The third-order valence-corrected chi connectivity index (χ3v) is 5.44. The monoisotopic (exact) mass is 411 g/mol. The number of hydrogen-bond acceptors (Lipinski definition) is 5. The highest BCUT2D eigenvalue weighted by molar-refractivity contribution is 5.80. The van der Waals surface area contributed by atoms with Gasteiger partial charge in [0, 0.05) is 38.4 Å². The van der Waals surface area contributed by atoms with Crippen molar-refractivity contribution in [1.82, 2.24) is 10.2 Å². The Labute approximate surface area is 179 Å². The molecule has 1 heterocycles. The summed E-state index contributed by atoms with van der Waals surface area (Å²) < 4.78 is 10.8. The van der Waals surface area contributed by atoms with Gasteiger partial charge in [0.05, 0.1) is 7.11 Å². The molecule has 2 aromatic carbocycles. The molecule has 3 rings (SSSR count). The molecular formula is C24H33N3O3. The van der Waals surface area contributed by atoms with Crippen molar-refractivity contribution in [2.45, 2.75) is 25.9 Å². The first-order chi connectivity index (χ1) is 14.7. The van der Waals surface area contributed by atoms with E-state index < -0.39 is 6.10 Å². The molecule has 6 heteroatoms. The molecule has 162 valence electrons. The zero-order valence-electron chi connectivity index (χ0n) is 18.0. The van der Waals surface area contributed by atoms with Crippen LogP contribution in [0.4, 0.5) is 5.69 Å². The average molecular weight is 412 g/mol. The fraction of sp³-hybridized carbons (Fsp3) is 0.458. The SMILES string of the molecule is COc1ccc(OC(C)C(=O)NCCCCN2CCN(c3ccccc3)CC2)cc1. The number of ether oxygens (including phenoxy) is 2. The van der Waals surface area contributed by atoms with Gasteiger partial charge < -0.3 is 19.7 Å². The smallest absolute Gasteiger partial charge is 0.260 e. The Bertz CT molecular complexity index is 759. The molecule has 30 heavy (non-hydrogen) atoms. The molecule has 0 aromatic heterocycles. The molecule has 1 fully saturated rings. The minimum absolute atomic E-state index is 0.0812. The summed E-state index contributed by atoms with van der Waals surface area (Å²) in [5, 5.41) is 2.98. The molecule has 1 unspecified atom stereocenters. The number of anilines is 1. The van der Waals surface area contributed by atoms with Crippen LogP contribution in [0.25, 0.3) is 0 Å². The fourth-order valence-corrected chi connectivity index (χ4v) is 3.60. The minimum atomic E-state index is -0.524. The highest BCUT2D eigenvalue weighted by Gasteiger charge is 2.17. The van der Waals surface area contributed by atoms with Gasteiger partial charge in [0.15, 0.2) is 6.10 Å². The summed E-state index contributed by atoms with van der Waals surface area (Å²) in [6.45, 7) is 7.85. The number of amides is 1. The van der Waals surface area contributed by atoms with Crippen molar-refractivity contribution in [1.29, 1.82) is 0 Å². The second-order valence-corrected chi connectivity index (χ2v) is 7.60. The summed E-state index contributed by atoms with van der Waals surface area (Å²) >= 11 is 0. The molecule has 1 aliphatic heterocycles. The topological polar surface area (TPSA) is 54.0 Å². The van der Waals surface area contributed by atoms with Gasteiger partial charge in [-0.25, -0.2) is 0 Å². The van der Waals surface area contributed by atoms with Crippen LogP contribution in [-0.4, -0.2) is 63.3 Å². The molecule has 1 atom stereocenters. The number of benzene rings is 2. The summed E-state index contributed by atoms with van der Waals surface area (Å²) in [5.41, 5.74) is 1.31. The second-order valence-electron chi connectivity index (χ2n) is 7.60. The van der Waals surface area contributed by atoms with Crippen LogP contribution in [0.5, 0.6) is 11.5 Å². The van der Waals surface area contributed by atoms with Gasteiger partial charge in [-0.3, -0.25) is 9.69 Å². The Morgan fingerprint density at radius 1 is 0.967 bits per heavy atom. The first kappa shape index (κ1) is 22.0. The predicted molar refractivity (Wildman–Crippen MR) is 120 cm³/mol. The van der Waals surface area contributed by atoms with E-state index in [0.29, 0.717) is 12.3 Å². The fourth-order valence-electron chi connectivity index (χ4n) is 3.60. The molecule has 0 radical (unpaired) electrons. The van der Waals surface area contributed by atoms with Crippen molar-refractivity contribution in [3.8, 4) is 11.5 Å². The second kappa shape index (κ2) is 11.5. The van der Waals surface area contributed by atoms with Crippen molar-refractivity contribution < 1.29 is 14.3 Å². The molecule has 1 saturated heterocycles. The summed E-state index contributed by atoms with van der Waals surface area (Å²) in [6, 6.07) is 17.9. The quantitative estimate of drug-likeness (QED) is 0.609. The van der Waals surface area contributed by atoms with E-state index in [1.165, 1.54) is 5.69 Å². The van der Waals surface area contributed by atoms with E-state index in [4.69, 9.17) is 9.47 Å². The van der Waals surface area contributed by atoms with E-state index in [-0.39, 0.29) is 5.91 Å². The molecular weight excluding hydrogens is 378 g/mol. The summed E-state index contributed by atoms with van der Waals surface area (Å²) in [5.74, 6) is 1.34. The number of nitrogens with one attached hydrogen (secondary N) is 1. The minimum Gasteiger partial charge on any atom is -0.497 e. The number of hydrogen-bond donors (Lipinski definition) is 1. The van der Waals surface area contributed by atoms with Gasteiger partial charge >= 0.3 is 0 Å². The lowest BCUT2D eigenvalue weighted by Crippen LogP contribution is -2.46. The van der Waals surface area contributed by atoms with Gasteiger partial charge in [-0.05, 0) is 62.7 Å². The Kier molecular flexibility index (Phi) is 8.39. The number of piperazine rings is 1. The Morgan fingerprint density at radius 3 is 2.30 bits per heavy atom. The van der Waals surface area contributed by atoms with Crippen LogP contribution in [0.15, 0.2) is 54.6 Å². The van der Waals surface area contributed by atoms with Crippen molar-refractivity contribution in [3.63, 3.8) is 0 Å². The molecule has 2 aromatic rings. The normalized spacial score (nSPS) is 15.5. The first-order valence-electron chi connectivity index (χ1n) is 10.8. The van der Waals surface area contributed by atoms with Gasteiger partial charge in [-0.15, -0.1) is 0 Å². The molecule has 0 spiro atoms. The third-order valence-electron chi connectivity index (χ3n) is 5.44. The van der Waals surface area contributed by atoms with E-state index in [1.807, 2.05) is 12.1 Å². The van der Waals surface area contributed by atoms with E-state index >= 15 is 0 Å². The van der Waals surface area contributed by atoms with E-state index in [9.17, 15) is 4.79 Å². The molecule has 1 amide bonds. The zero-order chi connectivity index (χ0) is 21.2. The molecule has 0 bridgehead atoms. The van der Waals surface area contributed by atoms with Crippen LogP contribution in [-0.2, 0) is 4.79 Å². The number of para-hydroxylation sites is 1. The van der Waals surface area contributed by atoms with Crippen LogP contribution >= 0.6 is 0 Å². The van der Waals surface area contributed by atoms with Crippen LogP contribution in [0.2, 0.25) is 0 Å². The van der Waals surface area contributed by atoms with Gasteiger partial charge in [0.2, 0.25) is 0 Å². The number of carbonyl (C=O) groups excluding carboxylic acids is 1. The van der Waals surface area contributed by atoms with Crippen molar-refractivity contribution in [2.24, 2.45) is 0 Å². The maximum atomic E-state index is 12.2. The first-order valence-corrected chi connectivity index (χ1v) is 10.8. The van der Waals surface area contributed by atoms with Crippen LogP contribution < -0.4 is 19.7 Å². The average Bonchev–Trinajstić information content (AvgIpc) is 2.80. The number of unbranched alkanes of at least 4 members (excludes halogenated alkanes) is 1. The lowest BCUT2D eigenvalue weighted by molar-refractivity contribution is -0.127. The van der Waals surface area contributed by atoms with Gasteiger partial charge in [-0.1, -0.05) is 18.2 Å². The van der Waals surface area contributed by atoms with E-state index in [0.717, 1.165) is 51.3 Å². The molecule has 0 saturated carbocycles. The number of methoxy groups -OCH3 is 1. The standard InChI is InChI=1S/C24H33N3O3/c1-20(30-23-12-10-22(29-2)11-13-23)24(28)25-14-6-7-15-26-16-18-27(19-17-26)21-8-4-3-5-9-21/h3-5,8-13,20H,6-7,14-19H2,1-2H3,(H,25,28). The van der Waals surface area contributed by atoms with Crippen molar-refractivity contribution in [2.75, 3.05) is 51.3 Å². The van der Waals surface area contributed by atoms with Gasteiger partial charge in [0.25, 0.3) is 5.91 Å². The molecule has 0 aliphatic carbocycles. The van der Waals surface area contributed by atoms with Crippen molar-refractivity contribution >= 4 is 11.6 Å². The van der Waals surface area contributed by atoms with Gasteiger partial charge in [0.1, 0.15) is 11.5 Å².